The van der Waals surface area contributed by atoms with Crippen LogP contribution in [0.15, 0.2) is 18.2 Å². The van der Waals surface area contributed by atoms with Crippen LogP contribution in [0.4, 0.5) is 5.69 Å². The number of nitriles is 1. The molecule has 0 aromatic heterocycles. The van der Waals surface area contributed by atoms with Crippen molar-refractivity contribution in [3.05, 3.63) is 29.3 Å². The van der Waals surface area contributed by atoms with Crippen LogP contribution >= 0.6 is 0 Å². The van der Waals surface area contributed by atoms with Gasteiger partial charge in [0.15, 0.2) is 0 Å². The van der Waals surface area contributed by atoms with E-state index < -0.39 is 6.10 Å². The van der Waals surface area contributed by atoms with Crippen LogP contribution in [0.3, 0.4) is 0 Å². The lowest BCUT2D eigenvalue weighted by Crippen LogP contribution is -2.25. The Morgan fingerprint density at radius 3 is 2.80 bits per heavy atom. The molecular weight excluding hydrogens is 252 g/mol. The summed E-state index contributed by atoms with van der Waals surface area (Å²) in [5.74, 6) is 0.875. The maximum Gasteiger partial charge on any atom is 0.0992 e. The van der Waals surface area contributed by atoms with Crippen molar-refractivity contribution in [1.29, 1.82) is 5.26 Å². The van der Waals surface area contributed by atoms with Crippen molar-refractivity contribution < 1.29 is 10.2 Å². The fourth-order valence-electron chi connectivity index (χ4n) is 3.67. The third kappa shape index (κ3) is 2.17. The van der Waals surface area contributed by atoms with Gasteiger partial charge < -0.3 is 15.1 Å². The Kier molecular flexibility index (Phi) is 3.41. The van der Waals surface area contributed by atoms with E-state index in [0.29, 0.717) is 17.4 Å². The first-order chi connectivity index (χ1) is 9.60. The zero-order valence-corrected chi connectivity index (χ0v) is 11.7. The molecule has 1 aromatic rings. The Morgan fingerprint density at radius 1 is 1.35 bits per heavy atom. The van der Waals surface area contributed by atoms with E-state index in [0.717, 1.165) is 37.2 Å². The van der Waals surface area contributed by atoms with E-state index in [9.17, 15) is 10.2 Å². The van der Waals surface area contributed by atoms with Crippen LogP contribution in [-0.4, -0.2) is 29.4 Å². The van der Waals surface area contributed by atoms with Crippen LogP contribution in [0.25, 0.3) is 0 Å². The quantitative estimate of drug-likeness (QED) is 0.861. The second-order valence-corrected chi connectivity index (χ2v) is 6.03. The zero-order chi connectivity index (χ0) is 14.3. The van der Waals surface area contributed by atoms with E-state index in [2.05, 4.69) is 11.0 Å². The first-order valence-corrected chi connectivity index (χ1v) is 7.25. The molecule has 2 aliphatic rings. The predicted octanol–water partition coefficient (Wildman–Crippen LogP) is 1.82. The molecule has 2 N–H and O–H groups in total. The van der Waals surface area contributed by atoms with Crippen molar-refractivity contribution in [3.63, 3.8) is 0 Å². The smallest absolute Gasteiger partial charge is 0.0992 e. The van der Waals surface area contributed by atoms with E-state index >= 15 is 0 Å². The van der Waals surface area contributed by atoms with Gasteiger partial charge in [0.25, 0.3) is 0 Å². The van der Waals surface area contributed by atoms with Gasteiger partial charge in [-0.3, -0.25) is 0 Å². The monoisotopic (exact) mass is 272 g/mol. The lowest BCUT2D eigenvalue weighted by molar-refractivity contribution is 0.133. The lowest BCUT2D eigenvalue weighted by atomic mass is 10.00. The predicted molar refractivity (Wildman–Crippen MR) is 76.2 cm³/mol. The first-order valence-electron chi connectivity index (χ1n) is 7.25. The van der Waals surface area contributed by atoms with E-state index in [1.54, 1.807) is 13.0 Å². The highest BCUT2D eigenvalue weighted by Crippen LogP contribution is 2.41. The Balaban J connectivity index is 1.92. The second-order valence-electron chi connectivity index (χ2n) is 6.03. The maximum atomic E-state index is 10.0. The maximum absolute atomic E-state index is 10.0. The molecule has 1 aromatic carbocycles. The van der Waals surface area contributed by atoms with E-state index in [1.807, 2.05) is 12.1 Å². The van der Waals surface area contributed by atoms with Crippen LogP contribution in [0.5, 0.6) is 0 Å². The van der Waals surface area contributed by atoms with Gasteiger partial charge in [0.1, 0.15) is 0 Å². The highest BCUT2D eigenvalue weighted by atomic mass is 16.3. The van der Waals surface area contributed by atoms with Crippen LogP contribution in [0, 0.1) is 23.2 Å². The van der Waals surface area contributed by atoms with E-state index in [1.165, 1.54) is 0 Å². The summed E-state index contributed by atoms with van der Waals surface area (Å²) in [6.07, 6.45) is 1.23. The van der Waals surface area contributed by atoms with Gasteiger partial charge in [0.05, 0.1) is 23.8 Å². The SMILES string of the molecule is CC(O)c1ccc(C#N)cc1N1CC2CCC(O)C2C1. The number of anilines is 1. The molecule has 0 spiro atoms. The number of hydrogen-bond donors (Lipinski definition) is 2. The summed E-state index contributed by atoms with van der Waals surface area (Å²) < 4.78 is 0. The number of rotatable bonds is 2. The summed E-state index contributed by atoms with van der Waals surface area (Å²) in [5, 5.41) is 29.0. The van der Waals surface area contributed by atoms with Crippen molar-refractivity contribution in [2.24, 2.45) is 11.8 Å². The van der Waals surface area contributed by atoms with E-state index in [4.69, 9.17) is 5.26 Å². The summed E-state index contributed by atoms with van der Waals surface area (Å²) >= 11 is 0. The van der Waals surface area contributed by atoms with Crippen molar-refractivity contribution in [1.82, 2.24) is 0 Å². The molecule has 1 aliphatic heterocycles. The molecule has 1 saturated heterocycles. The second kappa shape index (κ2) is 5.08. The Hall–Kier alpha value is -1.57. The molecule has 20 heavy (non-hydrogen) atoms. The zero-order valence-electron chi connectivity index (χ0n) is 11.7. The van der Waals surface area contributed by atoms with Gasteiger partial charge in [0.2, 0.25) is 0 Å². The summed E-state index contributed by atoms with van der Waals surface area (Å²) in [6, 6.07) is 7.60. The molecular formula is C16H20N2O2. The highest BCUT2D eigenvalue weighted by molar-refractivity contribution is 5.59. The lowest BCUT2D eigenvalue weighted by Gasteiger charge is -2.25. The molecule has 0 radical (unpaired) electrons. The molecule has 4 atom stereocenters. The number of nitrogens with zero attached hydrogens (tertiary/aromatic N) is 2. The Bertz CT molecular complexity index is 550. The molecule has 4 heteroatoms. The number of fused-ring (bicyclic) bond motifs is 1. The van der Waals surface area contributed by atoms with Crippen LogP contribution in [0.2, 0.25) is 0 Å². The number of hydrogen-bond acceptors (Lipinski definition) is 4. The fraction of sp³-hybridized carbons (Fsp3) is 0.562. The van der Waals surface area contributed by atoms with Crippen LogP contribution in [0.1, 0.15) is 37.0 Å². The van der Waals surface area contributed by atoms with Crippen LogP contribution < -0.4 is 4.90 Å². The van der Waals surface area contributed by atoms with Gasteiger partial charge in [-0.15, -0.1) is 0 Å². The summed E-state index contributed by atoms with van der Waals surface area (Å²) in [5.41, 5.74) is 2.42. The molecule has 4 nitrogen and oxygen atoms in total. The largest absolute Gasteiger partial charge is 0.393 e. The number of aliphatic hydroxyl groups excluding tert-OH is 2. The average molecular weight is 272 g/mol. The molecule has 2 fully saturated rings. The third-order valence-corrected chi connectivity index (χ3v) is 4.77. The molecule has 3 rings (SSSR count). The molecule has 1 saturated carbocycles. The van der Waals surface area contributed by atoms with Crippen molar-refractivity contribution in [3.8, 4) is 6.07 Å². The summed E-state index contributed by atoms with van der Waals surface area (Å²) in [6.45, 7) is 3.48. The molecule has 0 bridgehead atoms. The van der Waals surface area contributed by atoms with Gasteiger partial charge in [-0.25, -0.2) is 0 Å². The minimum absolute atomic E-state index is 0.195. The van der Waals surface area contributed by atoms with Gasteiger partial charge in [-0.2, -0.15) is 5.26 Å². The first kappa shape index (κ1) is 13.4. The minimum atomic E-state index is -0.553. The van der Waals surface area contributed by atoms with Crippen molar-refractivity contribution in [2.75, 3.05) is 18.0 Å². The fourth-order valence-corrected chi connectivity index (χ4v) is 3.67. The molecule has 0 amide bonds. The molecule has 1 aliphatic carbocycles. The van der Waals surface area contributed by atoms with Gasteiger partial charge in [-0.05, 0) is 37.8 Å². The molecule has 106 valence electrons. The normalized spacial score (nSPS) is 30.1. The Morgan fingerprint density at radius 2 is 2.15 bits per heavy atom. The average Bonchev–Trinajstić information content (AvgIpc) is 3.00. The Labute approximate surface area is 119 Å². The van der Waals surface area contributed by atoms with Gasteiger partial charge in [0, 0.05) is 30.3 Å². The minimum Gasteiger partial charge on any atom is -0.393 e. The highest BCUT2D eigenvalue weighted by Gasteiger charge is 2.42. The number of benzene rings is 1. The standard InChI is InChI=1S/C16H20N2O2/c1-10(19)13-4-2-11(7-17)6-15(13)18-8-12-3-5-16(20)14(12)9-18/h2,4,6,10,12,14,16,19-20H,3,5,8-9H2,1H3. The summed E-state index contributed by atoms with van der Waals surface area (Å²) in [7, 11) is 0. The number of aliphatic hydroxyl groups is 2. The topological polar surface area (TPSA) is 67.5 Å². The third-order valence-electron chi connectivity index (χ3n) is 4.77. The van der Waals surface area contributed by atoms with Crippen molar-refractivity contribution >= 4 is 5.69 Å². The van der Waals surface area contributed by atoms with Crippen LogP contribution in [-0.2, 0) is 0 Å². The molecule has 4 unspecified atom stereocenters. The van der Waals surface area contributed by atoms with E-state index in [-0.39, 0.29) is 6.10 Å². The van der Waals surface area contributed by atoms with Crippen molar-refractivity contribution in [2.45, 2.75) is 32.0 Å². The van der Waals surface area contributed by atoms with Gasteiger partial charge >= 0.3 is 0 Å². The van der Waals surface area contributed by atoms with Gasteiger partial charge in [-0.1, -0.05) is 6.07 Å². The molecule has 1 heterocycles. The summed E-state index contributed by atoms with van der Waals surface area (Å²) in [4.78, 5) is 2.22.